The highest BCUT2D eigenvalue weighted by molar-refractivity contribution is 7.92. The van der Waals surface area contributed by atoms with Gasteiger partial charge < -0.3 is 10.2 Å². The van der Waals surface area contributed by atoms with Crippen molar-refractivity contribution in [3.8, 4) is 0 Å². The molecule has 17 heavy (non-hydrogen) atoms. The number of halogens is 1. The van der Waals surface area contributed by atoms with Crippen LogP contribution in [0.5, 0.6) is 0 Å². The molecule has 2 heterocycles. The first-order valence-electron chi connectivity index (χ1n) is 6.06. The fraction of sp³-hybridized carbons (Fsp3) is 1.00. The zero-order chi connectivity index (χ0) is 11.8. The van der Waals surface area contributed by atoms with Gasteiger partial charge in [-0.1, -0.05) is 6.92 Å². The molecule has 0 saturated carbocycles. The van der Waals surface area contributed by atoms with E-state index in [0.717, 1.165) is 19.6 Å². The van der Waals surface area contributed by atoms with Gasteiger partial charge in [0.25, 0.3) is 0 Å². The van der Waals surface area contributed by atoms with E-state index in [0.29, 0.717) is 24.3 Å². The Kier molecular flexibility index (Phi) is 4.86. The average molecular weight is 283 g/mol. The van der Waals surface area contributed by atoms with Crippen LogP contribution in [0.4, 0.5) is 0 Å². The van der Waals surface area contributed by atoms with Crippen molar-refractivity contribution in [2.45, 2.75) is 25.5 Å². The van der Waals surface area contributed by atoms with Gasteiger partial charge in [-0.05, 0) is 25.3 Å². The molecule has 1 N–H and O–H groups in total. The Balaban J connectivity index is 0.00000144. The topological polar surface area (TPSA) is 49.4 Å². The van der Waals surface area contributed by atoms with Gasteiger partial charge in [-0.25, -0.2) is 8.42 Å². The molecule has 0 amide bonds. The number of hydrogen-bond acceptors (Lipinski definition) is 4. The van der Waals surface area contributed by atoms with Gasteiger partial charge in [0.15, 0.2) is 9.84 Å². The first-order chi connectivity index (χ1) is 7.41. The third kappa shape index (κ3) is 3.56. The van der Waals surface area contributed by atoms with Gasteiger partial charge in [0, 0.05) is 26.2 Å². The molecule has 2 unspecified atom stereocenters. The monoisotopic (exact) mass is 282 g/mol. The van der Waals surface area contributed by atoms with Gasteiger partial charge in [-0.15, -0.1) is 12.4 Å². The summed E-state index contributed by atoms with van der Waals surface area (Å²) >= 11 is 0. The molecule has 2 aliphatic heterocycles. The minimum Gasteiger partial charge on any atom is -0.316 e. The molecule has 0 aromatic carbocycles. The van der Waals surface area contributed by atoms with Gasteiger partial charge in [-0.3, -0.25) is 0 Å². The number of nitrogens with zero attached hydrogens (tertiary/aromatic N) is 1. The quantitative estimate of drug-likeness (QED) is 0.803. The molecule has 0 aliphatic carbocycles. The summed E-state index contributed by atoms with van der Waals surface area (Å²) in [5.74, 6) is 0.331. The second-order valence-electron chi connectivity index (χ2n) is 5.65. The van der Waals surface area contributed by atoms with E-state index < -0.39 is 9.84 Å². The molecule has 2 rings (SSSR count). The summed E-state index contributed by atoms with van der Waals surface area (Å²) in [6.45, 7) is 8.72. The first-order valence-corrected chi connectivity index (χ1v) is 7.78. The van der Waals surface area contributed by atoms with Crippen molar-refractivity contribution in [2.24, 2.45) is 5.41 Å². The van der Waals surface area contributed by atoms with Crippen molar-refractivity contribution >= 4 is 22.2 Å². The van der Waals surface area contributed by atoms with Crippen LogP contribution in [0.15, 0.2) is 0 Å². The Morgan fingerprint density at radius 2 is 2.18 bits per heavy atom. The van der Waals surface area contributed by atoms with E-state index in [-0.39, 0.29) is 17.7 Å². The van der Waals surface area contributed by atoms with E-state index >= 15 is 0 Å². The molecule has 6 heteroatoms. The minimum absolute atomic E-state index is 0. The lowest BCUT2D eigenvalue weighted by molar-refractivity contribution is 0.180. The Morgan fingerprint density at radius 1 is 1.47 bits per heavy atom. The zero-order valence-electron chi connectivity index (χ0n) is 10.6. The highest BCUT2D eigenvalue weighted by Crippen LogP contribution is 2.27. The predicted octanol–water partition coefficient (Wildman–Crippen LogP) is 0.527. The maximum absolute atomic E-state index is 11.6. The first kappa shape index (κ1) is 15.2. The molecule has 4 nitrogen and oxygen atoms in total. The normalized spacial score (nSPS) is 37.6. The maximum Gasteiger partial charge on any atom is 0.155 e. The van der Waals surface area contributed by atoms with Crippen LogP contribution >= 0.6 is 12.4 Å². The summed E-state index contributed by atoms with van der Waals surface area (Å²) in [5.41, 5.74) is 0.334. The average Bonchev–Trinajstić information content (AvgIpc) is 2.59. The van der Waals surface area contributed by atoms with Crippen molar-refractivity contribution in [1.29, 1.82) is 0 Å². The molecule has 0 bridgehead atoms. The van der Waals surface area contributed by atoms with Crippen LogP contribution in [0, 0.1) is 5.41 Å². The third-order valence-electron chi connectivity index (χ3n) is 3.88. The fourth-order valence-corrected chi connectivity index (χ4v) is 4.07. The molecular weight excluding hydrogens is 260 g/mol. The number of hydrogen-bond donors (Lipinski definition) is 1. The summed E-state index contributed by atoms with van der Waals surface area (Å²) in [6, 6.07) is 0. The lowest BCUT2D eigenvalue weighted by Gasteiger charge is -2.36. The molecule has 0 spiro atoms. The summed E-state index contributed by atoms with van der Waals surface area (Å²) in [6.07, 6.45) is 1.20. The third-order valence-corrected chi connectivity index (χ3v) is 6.01. The molecular formula is C11H23ClN2O2S. The van der Waals surface area contributed by atoms with Crippen LogP contribution in [-0.2, 0) is 9.84 Å². The van der Waals surface area contributed by atoms with Crippen LogP contribution < -0.4 is 5.32 Å². The fourth-order valence-electron chi connectivity index (χ4n) is 2.71. The Hall–Kier alpha value is 0.160. The zero-order valence-corrected chi connectivity index (χ0v) is 12.2. The summed E-state index contributed by atoms with van der Waals surface area (Å²) in [4.78, 5) is 2.32. The van der Waals surface area contributed by atoms with Crippen LogP contribution in [-0.4, -0.2) is 57.0 Å². The van der Waals surface area contributed by atoms with Gasteiger partial charge >= 0.3 is 0 Å². The maximum atomic E-state index is 11.6. The highest BCUT2D eigenvalue weighted by Gasteiger charge is 2.35. The van der Waals surface area contributed by atoms with Gasteiger partial charge in [0.2, 0.25) is 0 Å². The van der Waals surface area contributed by atoms with Crippen LogP contribution in [0.1, 0.15) is 20.3 Å². The summed E-state index contributed by atoms with van der Waals surface area (Å²) < 4.78 is 23.2. The highest BCUT2D eigenvalue weighted by atomic mass is 35.5. The van der Waals surface area contributed by atoms with Crippen LogP contribution in [0.3, 0.4) is 0 Å². The van der Waals surface area contributed by atoms with E-state index in [4.69, 9.17) is 0 Å². The number of rotatable bonds is 2. The Bertz CT molecular complexity index is 352. The second-order valence-corrected chi connectivity index (χ2v) is 8.19. The molecule has 2 aliphatic rings. The van der Waals surface area contributed by atoms with Crippen molar-refractivity contribution in [1.82, 2.24) is 10.2 Å². The lowest BCUT2D eigenvalue weighted by Crippen LogP contribution is -2.49. The van der Waals surface area contributed by atoms with Crippen molar-refractivity contribution in [2.75, 3.05) is 38.5 Å². The molecule has 0 aromatic heterocycles. The van der Waals surface area contributed by atoms with Crippen molar-refractivity contribution in [3.05, 3.63) is 0 Å². The summed E-state index contributed by atoms with van der Waals surface area (Å²) in [5, 5.41) is 3.19. The van der Waals surface area contributed by atoms with Crippen molar-refractivity contribution < 1.29 is 8.42 Å². The predicted molar refractivity (Wildman–Crippen MR) is 72.5 cm³/mol. The molecule has 0 radical (unpaired) electrons. The van der Waals surface area contributed by atoms with E-state index in [1.54, 1.807) is 0 Å². The SMILES string of the molecule is CC1CN(CC2(C)CCNC2)CCS1(=O)=O.Cl. The van der Waals surface area contributed by atoms with E-state index in [1.807, 2.05) is 6.92 Å². The minimum atomic E-state index is -2.81. The largest absolute Gasteiger partial charge is 0.316 e. The molecule has 2 saturated heterocycles. The number of sulfone groups is 1. The van der Waals surface area contributed by atoms with E-state index in [1.165, 1.54) is 6.42 Å². The smallest absolute Gasteiger partial charge is 0.155 e. The number of nitrogens with one attached hydrogen (secondary N) is 1. The lowest BCUT2D eigenvalue weighted by atomic mass is 9.89. The standard InChI is InChI=1S/C11H22N2O2S.ClH/c1-10-7-13(5-6-16(10,14)15)9-11(2)3-4-12-8-11;/h10,12H,3-9H2,1-2H3;1H. The molecule has 2 fully saturated rings. The Labute approximate surface area is 110 Å². The van der Waals surface area contributed by atoms with Crippen molar-refractivity contribution in [3.63, 3.8) is 0 Å². The van der Waals surface area contributed by atoms with Crippen LogP contribution in [0.25, 0.3) is 0 Å². The van der Waals surface area contributed by atoms with Crippen LogP contribution in [0.2, 0.25) is 0 Å². The van der Waals surface area contributed by atoms with E-state index in [9.17, 15) is 8.42 Å². The van der Waals surface area contributed by atoms with Gasteiger partial charge in [0.1, 0.15) is 0 Å². The van der Waals surface area contributed by atoms with E-state index in [2.05, 4.69) is 17.1 Å². The van der Waals surface area contributed by atoms with Gasteiger partial charge in [0.05, 0.1) is 11.0 Å². The molecule has 2 atom stereocenters. The molecule has 102 valence electrons. The second kappa shape index (κ2) is 5.43. The van der Waals surface area contributed by atoms with Gasteiger partial charge in [-0.2, -0.15) is 0 Å². The Morgan fingerprint density at radius 3 is 2.71 bits per heavy atom. The molecule has 0 aromatic rings. The summed E-state index contributed by atoms with van der Waals surface area (Å²) in [7, 11) is -2.81.